The molecule has 1 aromatic heterocycles. The molecule has 0 radical (unpaired) electrons. The number of carbonyl (C=O) groups excluding carboxylic acids is 1. The molecule has 5 heteroatoms. The molecule has 94 valence electrons. The minimum Gasteiger partial charge on any atom is -0.436 e. The second-order valence-corrected chi connectivity index (χ2v) is 4.50. The van der Waals surface area contributed by atoms with Crippen molar-refractivity contribution in [2.24, 2.45) is 0 Å². The standard InChI is InChI=1S/C13H13ClN2O2/c1-7-6-10(14)4-5-11(7)16-13(17)12-8(2)15-9(3)18-12/h4-6H,1-3H3,(H,16,17). The van der Waals surface area contributed by atoms with Crippen molar-refractivity contribution in [3.05, 3.63) is 46.1 Å². The monoisotopic (exact) mass is 264 g/mol. The number of benzene rings is 1. The Morgan fingerprint density at radius 3 is 2.61 bits per heavy atom. The molecular formula is C13H13ClN2O2. The van der Waals surface area contributed by atoms with Crippen molar-refractivity contribution in [1.29, 1.82) is 0 Å². The minimum atomic E-state index is -0.307. The minimum absolute atomic E-state index is 0.238. The van der Waals surface area contributed by atoms with Gasteiger partial charge in [-0.3, -0.25) is 4.79 Å². The molecule has 1 heterocycles. The normalized spacial score (nSPS) is 10.4. The Bertz CT molecular complexity index is 605. The van der Waals surface area contributed by atoms with Crippen molar-refractivity contribution >= 4 is 23.2 Å². The number of carbonyl (C=O) groups is 1. The van der Waals surface area contributed by atoms with Crippen molar-refractivity contribution in [1.82, 2.24) is 4.98 Å². The molecule has 2 rings (SSSR count). The van der Waals surface area contributed by atoms with Crippen LogP contribution in [0.3, 0.4) is 0 Å². The molecular weight excluding hydrogens is 252 g/mol. The molecule has 4 nitrogen and oxygen atoms in total. The number of nitrogens with zero attached hydrogens (tertiary/aromatic N) is 1. The van der Waals surface area contributed by atoms with Crippen LogP contribution in [0.1, 0.15) is 27.7 Å². The number of amides is 1. The van der Waals surface area contributed by atoms with E-state index in [-0.39, 0.29) is 11.7 Å². The van der Waals surface area contributed by atoms with Crippen LogP contribution in [0.4, 0.5) is 5.69 Å². The highest BCUT2D eigenvalue weighted by molar-refractivity contribution is 6.30. The third-order valence-corrected chi connectivity index (χ3v) is 2.78. The molecule has 0 saturated carbocycles. The van der Waals surface area contributed by atoms with Crippen LogP contribution in [0.5, 0.6) is 0 Å². The first-order valence-electron chi connectivity index (χ1n) is 5.49. The average molecular weight is 265 g/mol. The Kier molecular flexibility index (Phi) is 3.39. The summed E-state index contributed by atoms with van der Waals surface area (Å²) in [5.41, 5.74) is 2.18. The van der Waals surface area contributed by atoms with E-state index in [2.05, 4.69) is 10.3 Å². The molecule has 18 heavy (non-hydrogen) atoms. The number of halogens is 1. The average Bonchev–Trinajstić information content (AvgIpc) is 2.62. The number of aryl methyl sites for hydroxylation is 3. The zero-order chi connectivity index (χ0) is 13.3. The third kappa shape index (κ3) is 2.54. The molecule has 2 aromatic rings. The van der Waals surface area contributed by atoms with Crippen molar-refractivity contribution in [3.8, 4) is 0 Å². The van der Waals surface area contributed by atoms with Crippen LogP contribution >= 0.6 is 11.6 Å². The highest BCUT2D eigenvalue weighted by Gasteiger charge is 2.16. The zero-order valence-corrected chi connectivity index (χ0v) is 11.1. The van der Waals surface area contributed by atoms with Crippen LogP contribution < -0.4 is 5.32 Å². The summed E-state index contributed by atoms with van der Waals surface area (Å²) in [5, 5.41) is 3.41. The van der Waals surface area contributed by atoms with Gasteiger partial charge >= 0.3 is 0 Å². The summed E-state index contributed by atoms with van der Waals surface area (Å²) in [4.78, 5) is 16.1. The fraction of sp³-hybridized carbons (Fsp3) is 0.231. The zero-order valence-electron chi connectivity index (χ0n) is 10.4. The van der Waals surface area contributed by atoms with Gasteiger partial charge in [0.15, 0.2) is 5.89 Å². The van der Waals surface area contributed by atoms with Crippen LogP contribution in [-0.2, 0) is 0 Å². The number of oxazole rings is 1. The predicted octanol–water partition coefficient (Wildman–Crippen LogP) is 3.51. The third-order valence-electron chi connectivity index (χ3n) is 2.55. The Balaban J connectivity index is 2.24. The van der Waals surface area contributed by atoms with Gasteiger partial charge in [-0.1, -0.05) is 11.6 Å². The SMILES string of the molecule is Cc1nc(C)c(C(=O)Nc2ccc(Cl)cc2C)o1. The van der Waals surface area contributed by atoms with Gasteiger partial charge in [-0.05, 0) is 37.6 Å². The van der Waals surface area contributed by atoms with Crippen molar-refractivity contribution in [3.63, 3.8) is 0 Å². The Morgan fingerprint density at radius 2 is 2.06 bits per heavy atom. The van der Waals surface area contributed by atoms with E-state index in [0.29, 0.717) is 22.3 Å². The van der Waals surface area contributed by atoms with Crippen LogP contribution in [0.2, 0.25) is 5.02 Å². The van der Waals surface area contributed by atoms with E-state index in [0.717, 1.165) is 5.56 Å². The fourth-order valence-corrected chi connectivity index (χ4v) is 1.92. The summed E-state index contributed by atoms with van der Waals surface area (Å²) in [6.45, 7) is 5.32. The molecule has 0 bridgehead atoms. The molecule has 1 aromatic carbocycles. The van der Waals surface area contributed by atoms with Crippen molar-refractivity contribution < 1.29 is 9.21 Å². The summed E-state index contributed by atoms with van der Waals surface area (Å²) < 4.78 is 5.26. The molecule has 0 atom stereocenters. The number of hydrogen-bond acceptors (Lipinski definition) is 3. The highest BCUT2D eigenvalue weighted by Crippen LogP contribution is 2.21. The molecule has 0 aliphatic rings. The molecule has 1 amide bonds. The van der Waals surface area contributed by atoms with Crippen LogP contribution in [0.15, 0.2) is 22.6 Å². The van der Waals surface area contributed by atoms with Gasteiger partial charge in [0.05, 0.1) is 5.69 Å². The second-order valence-electron chi connectivity index (χ2n) is 4.06. The summed E-state index contributed by atoms with van der Waals surface area (Å²) in [6.07, 6.45) is 0. The van der Waals surface area contributed by atoms with Gasteiger partial charge < -0.3 is 9.73 Å². The van der Waals surface area contributed by atoms with Crippen LogP contribution in [0, 0.1) is 20.8 Å². The fourth-order valence-electron chi connectivity index (χ4n) is 1.69. The lowest BCUT2D eigenvalue weighted by Crippen LogP contribution is -2.13. The molecule has 0 aliphatic carbocycles. The molecule has 0 unspecified atom stereocenters. The first-order valence-corrected chi connectivity index (χ1v) is 5.86. The first-order chi connectivity index (χ1) is 8.47. The van der Waals surface area contributed by atoms with E-state index < -0.39 is 0 Å². The maximum absolute atomic E-state index is 12.0. The maximum Gasteiger partial charge on any atom is 0.293 e. The molecule has 0 aliphatic heterocycles. The maximum atomic E-state index is 12.0. The van der Waals surface area contributed by atoms with Gasteiger partial charge in [0, 0.05) is 17.6 Å². The first kappa shape index (κ1) is 12.6. The number of rotatable bonds is 2. The topological polar surface area (TPSA) is 55.1 Å². The predicted molar refractivity (Wildman–Crippen MR) is 70.1 cm³/mol. The van der Waals surface area contributed by atoms with E-state index in [9.17, 15) is 4.79 Å². The molecule has 0 saturated heterocycles. The number of aromatic nitrogens is 1. The molecule has 1 N–H and O–H groups in total. The molecule has 0 spiro atoms. The molecule has 0 fully saturated rings. The van der Waals surface area contributed by atoms with Gasteiger partial charge in [0.25, 0.3) is 5.91 Å². The van der Waals surface area contributed by atoms with E-state index in [4.69, 9.17) is 16.0 Å². The Labute approximate surface area is 110 Å². The lowest BCUT2D eigenvalue weighted by molar-refractivity contribution is 0.0994. The van der Waals surface area contributed by atoms with Crippen LogP contribution in [0.25, 0.3) is 0 Å². The van der Waals surface area contributed by atoms with Crippen LogP contribution in [-0.4, -0.2) is 10.9 Å². The van der Waals surface area contributed by atoms with E-state index in [1.54, 1.807) is 32.0 Å². The van der Waals surface area contributed by atoms with Crippen molar-refractivity contribution in [2.75, 3.05) is 5.32 Å². The highest BCUT2D eigenvalue weighted by atomic mass is 35.5. The second kappa shape index (κ2) is 4.82. The summed E-state index contributed by atoms with van der Waals surface area (Å²) in [7, 11) is 0. The summed E-state index contributed by atoms with van der Waals surface area (Å²) in [6, 6.07) is 5.27. The summed E-state index contributed by atoms with van der Waals surface area (Å²) >= 11 is 5.86. The number of anilines is 1. The van der Waals surface area contributed by atoms with Gasteiger partial charge in [0.1, 0.15) is 0 Å². The lowest BCUT2D eigenvalue weighted by atomic mass is 10.2. The quantitative estimate of drug-likeness (QED) is 0.903. The number of hydrogen-bond donors (Lipinski definition) is 1. The van der Waals surface area contributed by atoms with E-state index in [1.807, 2.05) is 6.92 Å². The van der Waals surface area contributed by atoms with Gasteiger partial charge in [0.2, 0.25) is 5.76 Å². The smallest absolute Gasteiger partial charge is 0.293 e. The van der Waals surface area contributed by atoms with E-state index >= 15 is 0 Å². The van der Waals surface area contributed by atoms with Gasteiger partial charge in [-0.15, -0.1) is 0 Å². The van der Waals surface area contributed by atoms with E-state index in [1.165, 1.54) is 0 Å². The van der Waals surface area contributed by atoms with Gasteiger partial charge in [-0.2, -0.15) is 0 Å². The lowest BCUT2D eigenvalue weighted by Gasteiger charge is -2.07. The number of nitrogens with one attached hydrogen (secondary N) is 1. The van der Waals surface area contributed by atoms with Crippen molar-refractivity contribution in [2.45, 2.75) is 20.8 Å². The Hall–Kier alpha value is -1.81. The summed E-state index contributed by atoms with van der Waals surface area (Å²) in [5.74, 6) is 0.408. The van der Waals surface area contributed by atoms with Gasteiger partial charge in [-0.25, -0.2) is 4.98 Å². The largest absolute Gasteiger partial charge is 0.436 e. The Morgan fingerprint density at radius 1 is 1.33 bits per heavy atom.